The van der Waals surface area contributed by atoms with E-state index in [0.29, 0.717) is 17.9 Å². The highest BCUT2D eigenvalue weighted by Crippen LogP contribution is 2.35. The summed E-state index contributed by atoms with van der Waals surface area (Å²) in [5.41, 5.74) is 0.621. The van der Waals surface area contributed by atoms with Gasteiger partial charge in [0, 0.05) is 50.9 Å². The highest BCUT2D eigenvalue weighted by Gasteiger charge is 2.43. The van der Waals surface area contributed by atoms with Crippen LogP contribution in [0, 0.1) is 17.2 Å². The predicted octanol–water partition coefficient (Wildman–Crippen LogP) is 1.87. The molecule has 3 fully saturated rings. The van der Waals surface area contributed by atoms with Gasteiger partial charge in [-0.15, -0.1) is 0 Å². The Morgan fingerprint density at radius 3 is 2.81 bits per heavy atom. The van der Waals surface area contributed by atoms with Gasteiger partial charge < -0.3 is 9.80 Å². The Morgan fingerprint density at radius 2 is 2.12 bits per heavy atom. The molecule has 1 spiro atoms. The van der Waals surface area contributed by atoms with E-state index < -0.39 is 0 Å². The molecule has 0 unspecified atom stereocenters. The van der Waals surface area contributed by atoms with E-state index in [9.17, 15) is 4.79 Å². The smallest absolute Gasteiger partial charge is 0.222 e. The second-order valence-corrected chi connectivity index (χ2v) is 8.12. The molecule has 1 amide bonds. The molecule has 3 aliphatic rings. The van der Waals surface area contributed by atoms with Gasteiger partial charge in [0.25, 0.3) is 0 Å². The summed E-state index contributed by atoms with van der Waals surface area (Å²) in [5.74, 6) is 2.01. The maximum Gasteiger partial charge on any atom is 0.222 e. The van der Waals surface area contributed by atoms with Crippen molar-refractivity contribution in [1.29, 1.82) is 5.26 Å². The van der Waals surface area contributed by atoms with Crippen LogP contribution < -0.4 is 4.90 Å². The van der Waals surface area contributed by atoms with Gasteiger partial charge in [-0.2, -0.15) is 5.26 Å². The number of carbonyl (C=O) groups is 1. The van der Waals surface area contributed by atoms with Crippen LogP contribution in [0.4, 0.5) is 5.82 Å². The molecule has 1 aliphatic carbocycles. The van der Waals surface area contributed by atoms with Gasteiger partial charge in [-0.25, -0.2) is 4.98 Å². The van der Waals surface area contributed by atoms with E-state index in [1.54, 1.807) is 6.20 Å². The third-order valence-electron chi connectivity index (χ3n) is 6.38. The first-order chi connectivity index (χ1) is 12.6. The Morgan fingerprint density at radius 1 is 1.27 bits per heavy atom. The lowest BCUT2D eigenvalue weighted by Gasteiger charge is -2.49. The Bertz CT molecular complexity index is 708. The number of nitriles is 1. The number of pyridine rings is 1. The summed E-state index contributed by atoms with van der Waals surface area (Å²) in [5, 5.41) is 8.97. The largest absolute Gasteiger partial charge is 0.353 e. The van der Waals surface area contributed by atoms with Crippen LogP contribution in [0.1, 0.15) is 37.7 Å². The minimum atomic E-state index is 0.0296. The van der Waals surface area contributed by atoms with E-state index in [1.165, 1.54) is 12.8 Å². The van der Waals surface area contributed by atoms with Crippen molar-refractivity contribution < 1.29 is 4.79 Å². The lowest BCUT2D eigenvalue weighted by molar-refractivity contribution is -0.130. The lowest BCUT2D eigenvalue weighted by atomic mass is 9.86. The number of rotatable bonds is 3. The van der Waals surface area contributed by atoms with Crippen molar-refractivity contribution in [3.05, 3.63) is 23.9 Å². The fraction of sp³-hybridized carbons (Fsp3) is 0.650. The molecule has 1 aromatic rings. The van der Waals surface area contributed by atoms with E-state index >= 15 is 0 Å². The number of carbonyl (C=O) groups excluding carboxylic acids is 1. The van der Waals surface area contributed by atoms with Crippen molar-refractivity contribution in [2.45, 2.75) is 37.6 Å². The molecule has 0 N–H and O–H groups in total. The van der Waals surface area contributed by atoms with Gasteiger partial charge in [0.2, 0.25) is 5.91 Å². The van der Waals surface area contributed by atoms with Gasteiger partial charge in [0.1, 0.15) is 11.9 Å². The number of hydrogen-bond donors (Lipinski definition) is 0. The van der Waals surface area contributed by atoms with Crippen LogP contribution in [-0.4, -0.2) is 66.0 Å². The maximum atomic E-state index is 12.6. The second kappa shape index (κ2) is 6.88. The zero-order chi connectivity index (χ0) is 18.1. The molecular formula is C20H27N5O. The highest BCUT2D eigenvalue weighted by molar-refractivity contribution is 5.76. The molecule has 0 radical (unpaired) electrons. The van der Waals surface area contributed by atoms with Gasteiger partial charge in [0.15, 0.2) is 0 Å². The summed E-state index contributed by atoms with van der Waals surface area (Å²) in [6, 6.07) is 5.91. The van der Waals surface area contributed by atoms with Gasteiger partial charge in [-0.05, 0) is 50.8 Å². The number of nitrogens with zero attached hydrogens (tertiary/aromatic N) is 5. The second-order valence-electron chi connectivity index (χ2n) is 8.12. The van der Waals surface area contributed by atoms with Crippen LogP contribution in [0.25, 0.3) is 0 Å². The predicted molar refractivity (Wildman–Crippen MR) is 99.7 cm³/mol. The van der Waals surface area contributed by atoms with Crippen molar-refractivity contribution in [3.8, 4) is 6.07 Å². The molecule has 6 nitrogen and oxygen atoms in total. The monoisotopic (exact) mass is 353 g/mol. The number of likely N-dealkylation sites (tertiary alicyclic amines) is 1. The SMILES string of the molecule is CN1CCN(c2ccc(C#N)cn2)C[C@@]12CCC(=O)N(CC1CC1)CC2. The summed E-state index contributed by atoms with van der Waals surface area (Å²) in [4.78, 5) is 24.0. The van der Waals surface area contributed by atoms with Crippen LogP contribution in [0.2, 0.25) is 0 Å². The van der Waals surface area contributed by atoms with E-state index in [4.69, 9.17) is 5.26 Å². The molecule has 1 saturated carbocycles. The average Bonchev–Trinajstić information content (AvgIpc) is 3.50. The van der Waals surface area contributed by atoms with E-state index in [-0.39, 0.29) is 5.54 Å². The number of hydrogen-bond acceptors (Lipinski definition) is 5. The lowest BCUT2D eigenvalue weighted by Crippen LogP contribution is -2.61. The fourth-order valence-corrected chi connectivity index (χ4v) is 4.33. The molecule has 3 heterocycles. The van der Waals surface area contributed by atoms with Crippen LogP contribution >= 0.6 is 0 Å². The Kier molecular flexibility index (Phi) is 4.58. The van der Waals surface area contributed by atoms with Gasteiger partial charge in [0.05, 0.1) is 5.56 Å². The average molecular weight is 353 g/mol. The number of likely N-dealkylation sites (N-methyl/N-ethyl adjacent to an activating group) is 1. The Hall–Kier alpha value is -2.13. The number of piperazine rings is 1. The number of aromatic nitrogens is 1. The standard InChI is InChI=1S/C20H27N5O/c1-23-10-11-25(18-5-4-17(12-21)13-22-18)15-20(23)7-6-19(26)24(9-8-20)14-16-2-3-16/h4-5,13,16H,2-3,6-11,14-15H2,1H3/t20-/m0/s1. The number of amides is 1. The molecular weight excluding hydrogens is 326 g/mol. The van der Waals surface area contributed by atoms with Crippen molar-refractivity contribution in [2.24, 2.45) is 5.92 Å². The third kappa shape index (κ3) is 3.41. The van der Waals surface area contributed by atoms with Crippen LogP contribution in [-0.2, 0) is 4.79 Å². The molecule has 26 heavy (non-hydrogen) atoms. The van der Waals surface area contributed by atoms with E-state index in [2.05, 4.69) is 32.8 Å². The molecule has 4 rings (SSSR count). The van der Waals surface area contributed by atoms with Crippen LogP contribution in [0.5, 0.6) is 0 Å². The minimum Gasteiger partial charge on any atom is -0.353 e. The minimum absolute atomic E-state index is 0.0296. The van der Waals surface area contributed by atoms with Crippen molar-refractivity contribution in [1.82, 2.24) is 14.8 Å². The molecule has 6 heteroatoms. The van der Waals surface area contributed by atoms with Crippen molar-refractivity contribution >= 4 is 11.7 Å². The summed E-state index contributed by atoms with van der Waals surface area (Å²) in [7, 11) is 2.20. The van der Waals surface area contributed by atoms with Gasteiger partial charge >= 0.3 is 0 Å². The van der Waals surface area contributed by atoms with Crippen LogP contribution in [0.3, 0.4) is 0 Å². The zero-order valence-corrected chi connectivity index (χ0v) is 15.5. The van der Waals surface area contributed by atoms with E-state index in [1.807, 2.05) is 12.1 Å². The summed E-state index contributed by atoms with van der Waals surface area (Å²) in [6.45, 7) is 4.62. The quantitative estimate of drug-likeness (QED) is 0.830. The maximum absolute atomic E-state index is 12.6. The molecule has 2 saturated heterocycles. The fourth-order valence-electron chi connectivity index (χ4n) is 4.33. The zero-order valence-electron chi connectivity index (χ0n) is 15.5. The molecule has 0 aromatic carbocycles. The summed E-state index contributed by atoms with van der Waals surface area (Å²) >= 11 is 0. The first-order valence-electron chi connectivity index (χ1n) is 9.70. The number of anilines is 1. The third-order valence-corrected chi connectivity index (χ3v) is 6.38. The van der Waals surface area contributed by atoms with E-state index in [0.717, 1.165) is 57.3 Å². The van der Waals surface area contributed by atoms with Crippen molar-refractivity contribution in [2.75, 3.05) is 44.7 Å². The van der Waals surface area contributed by atoms with Crippen molar-refractivity contribution in [3.63, 3.8) is 0 Å². The summed E-state index contributed by atoms with van der Waals surface area (Å²) in [6.07, 6.45) is 6.80. The first kappa shape index (κ1) is 17.3. The Labute approximate surface area is 155 Å². The molecule has 1 atom stereocenters. The highest BCUT2D eigenvalue weighted by atomic mass is 16.2. The molecule has 138 valence electrons. The molecule has 1 aromatic heterocycles. The normalized spacial score (nSPS) is 27.5. The molecule has 2 aliphatic heterocycles. The summed E-state index contributed by atoms with van der Waals surface area (Å²) < 4.78 is 0. The van der Waals surface area contributed by atoms with Gasteiger partial charge in [-0.3, -0.25) is 9.69 Å². The molecule has 0 bridgehead atoms. The topological polar surface area (TPSA) is 63.5 Å². The van der Waals surface area contributed by atoms with Gasteiger partial charge in [-0.1, -0.05) is 0 Å². The Balaban J connectivity index is 1.49. The first-order valence-corrected chi connectivity index (χ1v) is 9.70. The van der Waals surface area contributed by atoms with Crippen LogP contribution in [0.15, 0.2) is 18.3 Å².